The molecule has 5 atom stereocenters. The molecule has 4 N–H and O–H groups in total. The topological polar surface area (TPSA) is 195 Å². The van der Waals surface area contributed by atoms with E-state index in [4.69, 9.17) is 33.5 Å². The van der Waals surface area contributed by atoms with Crippen LogP contribution in [0.5, 0.6) is 0 Å². The average Bonchev–Trinajstić information content (AvgIpc) is 3.04. The SMILES string of the molecule is COCCCOP(=O)(OCCC#N)OC[C@H]1O[C@@H](n2ccc(NO)nc2=O)[C@@H](O)[C@H]1O. The molecular formula is C16H25N4O10P. The third kappa shape index (κ3) is 7.04. The standard InChI is InChI=1S/C16H25N4O10P/c1-26-7-3-9-28-31(25,27-8-2-5-17)29-10-11-13(21)14(22)15(30-11)20-6-4-12(19-24)18-16(20)23/h4,6,11,13-15,21-22,24H,2-3,7-10H2,1H3,(H,18,19,23)/t11-,13+,14+,15-,31?/m1/s1. The van der Waals surface area contributed by atoms with Crippen molar-refractivity contribution in [2.75, 3.05) is 39.0 Å². The Hall–Kier alpha value is -1.92. The van der Waals surface area contributed by atoms with Crippen LogP contribution in [0.25, 0.3) is 0 Å². The van der Waals surface area contributed by atoms with E-state index >= 15 is 0 Å². The van der Waals surface area contributed by atoms with E-state index in [2.05, 4.69) is 4.98 Å². The third-order valence-corrected chi connectivity index (χ3v) is 5.62. The Morgan fingerprint density at radius 3 is 2.68 bits per heavy atom. The van der Waals surface area contributed by atoms with Gasteiger partial charge in [-0.15, -0.1) is 0 Å². The van der Waals surface area contributed by atoms with Gasteiger partial charge in [-0.1, -0.05) is 0 Å². The molecule has 1 unspecified atom stereocenters. The molecule has 0 bridgehead atoms. The van der Waals surface area contributed by atoms with Gasteiger partial charge < -0.3 is 19.7 Å². The van der Waals surface area contributed by atoms with Gasteiger partial charge in [0.05, 0.1) is 32.3 Å². The van der Waals surface area contributed by atoms with Crippen molar-refractivity contribution in [3.8, 4) is 6.07 Å². The van der Waals surface area contributed by atoms with Gasteiger partial charge in [0, 0.05) is 19.9 Å². The van der Waals surface area contributed by atoms with Gasteiger partial charge in [-0.25, -0.2) is 9.36 Å². The van der Waals surface area contributed by atoms with Crippen LogP contribution in [0.15, 0.2) is 17.1 Å². The van der Waals surface area contributed by atoms with E-state index < -0.39 is 44.7 Å². The Balaban J connectivity index is 2.03. The Bertz CT molecular complexity index is 846. The predicted molar refractivity (Wildman–Crippen MR) is 102 cm³/mol. The van der Waals surface area contributed by atoms with Crippen molar-refractivity contribution in [3.63, 3.8) is 0 Å². The van der Waals surface area contributed by atoms with Crippen molar-refractivity contribution >= 4 is 13.6 Å². The maximum Gasteiger partial charge on any atom is 0.474 e. The first-order chi connectivity index (χ1) is 14.8. The minimum Gasteiger partial charge on any atom is -0.387 e. The molecular weight excluding hydrogens is 439 g/mol. The molecule has 0 amide bonds. The quantitative estimate of drug-likeness (QED) is 0.170. The number of nitrogens with one attached hydrogen (secondary N) is 1. The second kappa shape index (κ2) is 12.2. The zero-order chi connectivity index (χ0) is 22.9. The number of phosphoric ester groups is 1. The maximum absolute atomic E-state index is 12.8. The van der Waals surface area contributed by atoms with Crippen LogP contribution in [0.2, 0.25) is 0 Å². The predicted octanol–water partition coefficient (Wildman–Crippen LogP) is -0.228. The normalized spacial score (nSPS) is 25.1. The van der Waals surface area contributed by atoms with E-state index in [-0.39, 0.29) is 25.5 Å². The molecule has 1 saturated heterocycles. The summed E-state index contributed by atoms with van der Waals surface area (Å²) in [4.78, 5) is 15.6. The fraction of sp³-hybridized carbons (Fsp3) is 0.688. The molecule has 2 rings (SSSR count). The van der Waals surface area contributed by atoms with Crippen molar-refractivity contribution in [1.82, 2.24) is 9.55 Å². The van der Waals surface area contributed by atoms with Crippen LogP contribution >= 0.6 is 7.82 Å². The molecule has 2 heterocycles. The highest BCUT2D eigenvalue weighted by Gasteiger charge is 2.45. The van der Waals surface area contributed by atoms with Crippen LogP contribution in [0.3, 0.4) is 0 Å². The highest BCUT2D eigenvalue weighted by atomic mass is 31.2. The number of aromatic nitrogens is 2. The monoisotopic (exact) mass is 464 g/mol. The van der Waals surface area contributed by atoms with E-state index in [0.29, 0.717) is 13.0 Å². The Kier molecular flexibility index (Phi) is 9.97. The van der Waals surface area contributed by atoms with E-state index in [0.717, 1.165) is 4.57 Å². The van der Waals surface area contributed by atoms with Crippen molar-refractivity contribution in [2.24, 2.45) is 0 Å². The lowest BCUT2D eigenvalue weighted by Crippen LogP contribution is -2.36. The number of nitrogens with zero attached hydrogens (tertiary/aromatic N) is 3. The van der Waals surface area contributed by atoms with Crippen molar-refractivity contribution in [2.45, 2.75) is 37.4 Å². The molecule has 0 aromatic carbocycles. The van der Waals surface area contributed by atoms with Crippen molar-refractivity contribution < 1.29 is 43.0 Å². The van der Waals surface area contributed by atoms with E-state index in [1.807, 2.05) is 6.07 Å². The summed E-state index contributed by atoms with van der Waals surface area (Å²) in [6.07, 6.45) is -3.95. The zero-order valence-electron chi connectivity index (χ0n) is 16.7. The van der Waals surface area contributed by atoms with Gasteiger partial charge in [-0.3, -0.25) is 28.8 Å². The summed E-state index contributed by atoms with van der Waals surface area (Å²) in [6.45, 7) is -0.363. The summed E-state index contributed by atoms with van der Waals surface area (Å²) >= 11 is 0. The molecule has 1 aromatic rings. The summed E-state index contributed by atoms with van der Waals surface area (Å²) in [5, 5.41) is 38.0. The molecule has 0 spiro atoms. The first kappa shape index (κ1) is 25.3. The molecule has 15 heteroatoms. The molecule has 0 saturated carbocycles. The number of phosphoric acid groups is 1. The lowest BCUT2D eigenvalue weighted by atomic mass is 10.1. The number of nitriles is 1. The smallest absolute Gasteiger partial charge is 0.387 e. The minimum absolute atomic E-state index is 0.0106. The Morgan fingerprint density at radius 1 is 1.29 bits per heavy atom. The van der Waals surface area contributed by atoms with Gasteiger partial charge in [-0.05, 0) is 12.5 Å². The van der Waals surface area contributed by atoms with Gasteiger partial charge in [0.15, 0.2) is 12.0 Å². The molecule has 0 radical (unpaired) electrons. The fourth-order valence-electron chi connectivity index (χ4n) is 2.62. The molecule has 31 heavy (non-hydrogen) atoms. The number of aliphatic hydroxyl groups is 2. The number of hydrogen-bond acceptors (Lipinski definition) is 13. The highest BCUT2D eigenvalue weighted by Crippen LogP contribution is 2.50. The van der Waals surface area contributed by atoms with Crippen LogP contribution in [0.4, 0.5) is 5.82 Å². The number of ether oxygens (including phenoxy) is 2. The summed E-state index contributed by atoms with van der Waals surface area (Å²) in [7, 11) is -2.60. The number of anilines is 1. The Morgan fingerprint density at radius 2 is 2.03 bits per heavy atom. The third-order valence-electron chi connectivity index (χ3n) is 4.16. The van der Waals surface area contributed by atoms with Crippen molar-refractivity contribution in [3.05, 3.63) is 22.7 Å². The minimum atomic E-state index is -4.10. The van der Waals surface area contributed by atoms with E-state index in [9.17, 15) is 19.6 Å². The van der Waals surface area contributed by atoms with Gasteiger partial charge in [0.25, 0.3) is 0 Å². The molecule has 1 aromatic heterocycles. The molecule has 1 aliphatic heterocycles. The first-order valence-corrected chi connectivity index (χ1v) is 10.7. The summed E-state index contributed by atoms with van der Waals surface area (Å²) in [5.41, 5.74) is 0.855. The second-order valence-corrected chi connectivity index (χ2v) is 7.99. The molecule has 1 fully saturated rings. The number of aliphatic hydroxyl groups excluding tert-OH is 2. The van der Waals surface area contributed by atoms with Crippen LogP contribution in [-0.2, 0) is 27.6 Å². The van der Waals surface area contributed by atoms with Crippen molar-refractivity contribution in [1.29, 1.82) is 5.26 Å². The molecule has 174 valence electrons. The summed E-state index contributed by atoms with van der Waals surface area (Å²) in [5.74, 6) is -0.116. The van der Waals surface area contributed by atoms with Crippen LogP contribution in [0.1, 0.15) is 19.1 Å². The zero-order valence-corrected chi connectivity index (χ0v) is 17.6. The lowest BCUT2D eigenvalue weighted by Gasteiger charge is -2.21. The van der Waals surface area contributed by atoms with E-state index in [1.165, 1.54) is 19.4 Å². The average molecular weight is 464 g/mol. The van der Waals surface area contributed by atoms with Gasteiger partial charge >= 0.3 is 13.5 Å². The van der Waals surface area contributed by atoms with E-state index in [1.54, 1.807) is 5.48 Å². The van der Waals surface area contributed by atoms with Crippen LogP contribution in [-0.4, -0.2) is 76.8 Å². The second-order valence-electron chi connectivity index (χ2n) is 6.32. The lowest BCUT2D eigenvalue weighted by molar-refractivity contribution is -0.0563. The highest BCUT2D eigenvalue weighted by molar-refractivity contribution is 7.48. The van der Waals surface area contributed by atoms with Gasteiger partial charge in [0.2, 0.25) is 0 Å². The largest absolute Gasteiger partial charge is 0.474 e. The molecule has 1 aliphatic rings. The molecule has 14 nitrogen and oxygen atoms in total. The number of methoxy groups -OCH3 is 1. The summed E-state index contributed by atoms with van der Waals surface area (Å²) in [6, 6.07) is 3.08. The molecule has 0 aliphatic carbocycles. The summed E-state index contributed by atoms with van der Waals surface area (Å²) < 4.78 is 39.5. The van der Waals surface area contributed by atoms with Crippen LogP contribution in [0, 0.1) is 11.3 Å². The fourth-order valence-corrected chi connectivity index (χ4v) is 3.85. The number of hydrogen-bond donors (Lipinski definition) is 4. The van der Waals surface area contributed by atoms with Crippen LogP contribution < -0.4 is 11.2 Å². The van der Waals surface area contributed by atoms with Gasteiger partial charge in [0.1, 0.15) is 18.3 Å². The maximum atomic E-state index is 12.8. The number of rotatable bonds is 13. The van der Waals surface area contributed by atoms with Gasteiger partial charge in [-0.2, -0.15) is 10.2 Å². The first-order valence-electron chi connectivity index (χ1n) is 9.25. The Labute approximate surface area is 177 Å².